The van der Waals surface area contributed by atoms with Gasteiger partial charge in [-0.15, -0.1) is 0 Å². The Bertz CT molecular complexity index is 630. The monoisotopic (exact) mass is 635 g/mol. The molecule has 0 amide bonds. The molecule has 0 aromatic carbocycles. The SMILES string of the molecule is CCCCCCCCCCCCCC[C@@H](O)[C@@H](O)[C@H](COC1OC(CO)C(O)C(O)C1O)NCOCCCCCCCCC. The van der Waals surface area contributed by atoms with Crippen LogP contribution in [0.15, 0.2) is 0 Å². The number of ether oxygens (including phenoxy) is 3. The highest BCUT2D eigenvalue weighted by molar-refractivity contribution is 4.89. The molecule has 10 heteroatoms. The van der Waals surface area contributed by atoms with Crippen LogP contribution in [0.4, 0.5) is 0 Å². The van der Waals surface area contributed by atoms with Gasteiger partial charge in [-0.3, -0.25) is 5.32 Å². The minimum atomic E-state index is -1.55. The molecule has 7 N–H and O–H groups in total. The maximum atomic E-state index is 11.0. The van der Waals surface area contributed by atoms with Crippen molar-refractivity contribution in [1.29, 1.82) is 0 Å². The molecule has 44 heavy (non-hydrogen) atoms. The van der Waals surface area contributed by atoms with Crippen LogP contribution in [0.5, 0.6) is 0 Å². The van der Waals surface area contributed by atoms with Crippen molar-refractivity contribution in [2.45, 2.75) is 191 Å². The van der Waals surface area contributed by atoms with E-state index in [0.29, 0.717) is 13.0 Å². The van der Waals surface area contributed by atoms with Gasteiger partial charge in [-0.2, -0.15) is 0 Å². The quantitative estimate of drug-likeness (QED) is 0.0448. The number of nitrogens with one attached hydrogen (secondary N) is 1. The number of hydrogen-bond acceptors (Lipinski definition) is 10. The van der Waals surface area contributed by atoms with Crippen LogP contribution in [0.1, 0.15) is 142 Å². The summed E-state index contributed by atoms with van der Waals surface area (Å²) < 4.78 is 16.9. The summed E-state index contributed by atoms with van der Waals surface area (Å²) in [7, 11) is 0. The smallest absolute Gasteiger partial charge is 0.186 e. The highest BCUT2D eigenvalue weighted by Crippen LogP contribution is 2.23. The molecule has 0 spiro atoms. The topological polar surface area (TPSA) is 161 Å². The van der Waals surface area contributed by atoms with Gasteiger partial charge in [-0.1, -0.05) is 129 Å². The maximum Gasteiger partial charge on any atom is 0.186 e. The van der Waals surface area contributed by atoms with Gasteiger partial charge in [0.2, 0.25) is 0 Å². The van der Waals surface area contributed by atoms with Crippen molar-refractivity contribution in [3.05, 3.63) is 0 Å². The van der Waals surface area contributed by atoms with Gasteiger partial charge >= 0.3 is 0 Å². The van der Waals surface area contributed by atoms with Crippen LogP contribution in [-0.4, -0.2) is 106 Å². The lowest BCUT2D eigenvalue weighted by Crippen LogP contribution is -2.60. The molecule has 0 aromatic heterocycles. The molecule has 1 saturated heterocycles. The molecule has 10 nitrogen and oxygen atoms in total. The zero-order chi connectivity index (χ0) is 32.4. The fourth-order valence-electron chi connectivity index (χ4n) is 5.71. The normalized spacial score (nSPS) is 24.4. The second-order valence-corrected chi connectivity index (χ2v) is 12.8. The molecule has 0 aliphatic carbocycles. The lowest BCUT2D eigenvalue weighted by Gasteiger charge is -2.40. The molecule has 1 aliphatic heterocycles. The second kappa shape index (κ2) is 27.7. The summed E-state index contributed by atoms with van der Waals surface area (Å²) in [6.45, 7) is 4.48. The number of unbranched alkanes of at least 4 members (excludes halogenated alkanes) is 17. The van der Waals surface area contributed by atoms with E-state index in [9.17, 15) is 30.6 Å². The van der Waals surface area contributed by atoms with E-state index in [4.69, 9.17) is 14.2 Å². The van der Waals surface area contributed by atoms with Crippen LogP contribution < -0.4 is 5.32 Å². The second-order valence-electron chi connectivity index (χ2n) is 12.8. The molecule has 0 saturated carbocycles. The van der Waals surface area contributed by atoms with E-state index >= 15 is 0 Å². The van der Waals surface area contributed by atoms with Gasteiger partial charge in [0, 0.05) is 6.61 Å². The van der Waals surface area contributed by atoms with Gasteiger partial charge in [0.25, 0.3) is 0 Å². The zero-order valence-corrected chi connectivity index (χ0v) is 28.0. The lowest BCUT2D eigenvalue weighted by molar-refractivity contribution is -0.303. The number of rotatable bonds is 30. The molecule has 0 bridgehead atoms. The van der Waals surface area contributed by atoms with Gasteiger partial charge in [0.05, 0.1) is 38.2 Å². The van der Waals surface area contributed by atoms with E-state index in [0.717, 1.165) is 32.1 Å². The van der Waals surface area contributed by atoms with Crippen molar-refractivity contribution in [3.8, 4) is 0 Å². The van der Waals surface area contributed by atoms with E-state index in [1.807, 2.05) is 0 Å². The average Bonchev–Trinajstić information content (AvgIpc) is 3.03. The van der Waals surface area contributed by atoms with Crippen LogP contribution in [0.25, 0.3) is 0 Å². The van der Waals surface area contributed by atoms with E-state index in [1.165, 1.54) is 89.9 Å². The summed E-state index contributed by atoms with van der Waals surface area (Å²) in [5.74, 6) is 0. The van der Waals surface area contributed by atoms with Gasteiger partial charge in [0.1, 0.15) is 24.4 Å². The Morgan fingerprint density at radius 1 is 0.659 bits per heavy atom. The molecular formula is C34H69NO9. The average molecular weight is 636 g/mol. The minimum absolute atomic E-state index is 0.153. The Morgan fingerprint density at radius 3 is 1.68 bits per heavy atom. The molecule has 264 valence electrons. The molecule has 1 fully saturated rings. The van der Waals surface area contributed by atoms with Gasteiger partial charge in [-0.25, -0.2) is 0 Å². The van der Waals surface area contributed by atoms with Crippen LogP contribution in [0.3, 0.4) is 0 Å². The predicted molar refractivity (Wildman–Crippen MR) is 173 cm³/mol. The first-order chi connectivity index (χ1) is 21.4. The van der Waals surface area contributed by atoms with Gasteiger partial charge in [-0.05, 0) is 12.8 Å². The maximum absolute atomic E-state index is 11.0. The molecule has 1 rings (SSSR count). The van der Waals surface area contributed by atoms with Crippen molar-refractivity contribution in [2.75, 3.05) is 26.6 Å². The fraction of sp³-hybridized carbons (Fsp3) is 1.00. The molecule has 1 aliphatic rings. The fourth-order valence-corrected chi connectivity index (χ4v) is 5.71. The third-order valence-corrected chi connectivity index (χ3v) is 8.79. The Balaban J connectivity index is 2.44. The van der Waals surface area contributed by atoms with Crippen LogP contribution in [0, 0.1) is 0 Å². The third-order valence-electron chi connectivity index (χ3n) is 8.79. The van der Waals surface area contributed by atoms with Crippen molar-refractivity contribution >= 4 is 0 Å². The van der Waals surface area contributed by atoms with E-state index in [2.05, 4.69) is 19.2 Å². The number of aliphatic hydroxyl groups is 6. The van der Waals surface area contributed by atoms with E-state index < -0.39 is 55.6 Å². The van der Waals surface area contributed by atoms with E-state index in [1.54, 1.807) is 0 Å². The zero-order valence-electron chi connectivity index (χ0n) is 28.0. The first-order valence-corrected chi connectivity index (χ1v) is 18.0. The predicted octanol–water partition coefficient (Wildman–Crippen LogP) is 4.30. The number of hydrogen-bond donors (Lipinski definition) is 7. The molecule has 1 heterocycles. The molecular weight excluding hydrogens is 566 g/mol. The highest BCUT2D eigenvalue weighted by atomic mass is 16.7. The molecule has 8 atom stereocenters. The summed E-state index contributed by atoms with van der Waals surface area (Å²) in [5, 5.41) is 64.8. The van der Waals surface area contributed by atoms with Gasteiger partial charge < -0.3 is 44.8 Å². The largest absolute Gasteiger partial charge is 0.394 e. The Kier molecular flexibility index (Phi) is 26.2. The number of aliphatic hydroxyl groups excluding tert-OH is 6. The standard InChI is InChI=1S/C34H69NO9/c1-3-5-7-9-11-12-13-14-15-16-18-20-22-28(37)30(38)27(35-26-42-23-21-19-17-10-8-6-4-2)25-43-34-33(41)32(40)31(39)29(24-36)44-34/h27-41H,3-26H2,1-2H3/t27-,28+,29?,30-,31?,32?,33?,34?/m0/s1. The Hall–Kier alpha value is -0.400. The van der Waals surface area contributed by atoms with E-state index in [-0.39, 0.29) is 13.3 Å². The lowest BCUT2D eigenvalue weighted by atomic mass is 9.98. The minimum Gasteiger partial charge on any atom is -0.394 e. The first-order valence-electron chi connectivity index (χ1n) is 18.0. The van der Waals surface area contributed by atoms with Crippen molar-refractivity contribution in [1.82, 2.24) is 5.32 Å². The summed E-state index contributed by atoms with van der Waals surface area (Å²) in [6.07, 6.45) is 14.3. The summed E-state index contributed by atoms with van der Waals surface area (Å²) >= 11 is 0. The Labute approximate surface area is 267 Å². The highest BCUT2D eigenvalue weighted by Gasteiger charge is 2.44. The summed E-state index contributed by atoms with van der Waals surface area (Å²) in [6, 6.07) is -0.733. The van der Waals surface area contributed by atoms with Crippen LogP contribution in [-0.2, 0) is 14.2 Å². The first kappa shape index (κ1) is 41.6. The van der Waals surface area contributed by atoms with Crippen molar-refractivity contribution < 1.29 is 44.8 Å². The molecule has 5 unspecified atom stereocenters. The summed E-state index contributed by atoms with van der Waals surface area (Å²) in [5.41, 5.74) is 0. The van der Waals surface area contributed by atoms with Gasteiger partial charge in [0.15, 0.2) is 6.29 Å². The van der Waals surface area contributed by atoms with Crippen LogP contribution in [0.2, 0.25) is 0 Å². The van der Waals surface area contributed by atoms with Crippen molar-refractivity contribution in [3.63, 3.8) is 0 Å². The van der Waals surface area contributed by atoms with Crippen LogP contribution >= 0.6 is 0 Å². The summed E-state index contributed by atoms with van der Waals surface area (Å²) in [4.78, 5) is 0. The van der Waals surface area contributed by atoms with Crippen molar-refractivity contribution in [2.24, 2.45) is 0 Å². The Morgan fingerprint density at radius 2 is 1.16 bits per heavy atom. The molecule has 0 radical (unpaired) electrons. The molecule has 0 aromatic rings. The third kappa shape index (κ3) is 18.7.